The standard InChI is InChI=1S/C18H16N2O3/c1-20-17(21)12-11-16(19-20)18(22)23-15-9-7-14(8-10-15)13-5-3-2-4-6-13/h2-10H,11-12H2,1H3. The first-order chi connectivity index (χ1) is 11.1. The Bertz CT molecular complexity index is 752. The van der Waals surface area contributed by atoms with E-state index in [0.29, 0.717) is 12.2 Å². The summed E-state index contributed by atoms with van der Waals surface area (Å²) >= 11 is 0. The number of esters is 1. The Morgan fingerprint density at radius 3 is 2.30 bits per heavy atom. The van der Waals surface area contributed by atoms with Crippen LogP contribution in [0.1, 0.15) is 12.8 Å². The zero-order chi connectivity index (χ0) is 16.2. The first-order valence-electron chi connectivity index (χ1n) is 7.35. The highest BCUT2D eigenvalue weighted by Crippen LogP contribution is 2.22. The number of rotatable bonds is 3. The number of carbonyl (C=O) groups excluding carboxylic acids is 2. The quantitative estimate of drug-likeness (QED) is 0.647. The van der Waals surface area contributed by atoms with Crippen molar-refractivity contribution in [3.05, 3.63) is 54.6 Å². The van der Waals surface area contributed by atoms with Gasteiger partial charge in [0.05, 0.1) is 0 Å². The van der Waals surface area contributed by atoms with Gasteiger partial charge in [-0.05, 0) is 23.3 Å². The molecule has 1 aliphatic rings. The van der Waals surface area contributed by atoms with Gasteiger partial charge in [0.1, 0.15) is 11.5 Å². The van der Waals surface area contributed by atoms with Crippen LogP contribution in [0.15, 0.2) is 59.7 Å². The summed E-state index contributed by atoms with van der Waals surface area (Å²) < 4.78 is 5.32. The van der Waals surface area contributed by atoms with Gasteiger partial charge >= 0.3 is 5.97 Å². The molecular weight excluding hydrogens is 292 g/mol. The molecule has 5 heteroatoms. The maximum atomic E-state index is 12.1. The second-order valence-electron chi connectivity index (χ2n) is 5.24. The predicted octanol–water partition coefficient (Wildman–Crippen LogP) is 2.87. The van der Waals surface area contributed by atoms with Crippen LogP contribution >= 0.6 is 0 Å². The van der Waals surface area contributed by atoms with Gasteiger partial charge in [-0.3, -0.25) is 4.79 Å². The highest BCUT2D eigenvalue weighted by molar-refractivity contribution is 6.37. The topological polar surface area (TPSA) is 59.0 Å². The Hall–Kier alpha value is -2.95. The number of benzene rings is 2. The van der Waals surface area contributed by atoms with Crippen molar-refractivity contribution in [2.24, 2.45) is 5.10 Å². The number of hydrogen-bond acceptors (Lipinski definition) is 4. The average molecular weight is 308 g/mol. The molecule has 23 heavy (non-hydrogen) atoms. The molecule has 0 aliphatic carbocycles. The summed E-state index contributed by atoms with van der Waals surface area (Å²) in [5.41, 5.74) is 2.41. The summed E-state index contributed by atoms with van der Waals surface area (Å²) in [5.74, 6) is -0.164. The Kier molecular flexibility index (Phi) is 4.19. The molecule has 1 amide bonds. The van der Waals surface area contributed by atoms with Crippen LogP contribution in [-0.2, 0) is 9.59 Å². The summed E-state index contributed by atoms with van der Waals surface area (Å²) in [4.78, 5) is 23.4. The molecular formula is C18H16N2O3. The van der Waals surface area contributed by atoms with Gasteiger partial charge in [0.15, 0.2) is 0 Å². The third-order valence-corrected chi connectivity index (χ3v) is 3.61. The molecule has 0 aromatic heterocycles. The molecule has 0 spiro atoms. The Balaban J connectivity index is 1.70. The monoisotopic (exact) mass is 308 g/mol. The van der Waals surface area contributed by atoms with E-state index in [0.717, 1.165) is 11.1 Å². The van der Waals surface area contributed by atoms with Crippen LogP contribution in [0.2, 0.25) is 0 Å². The normalized spacial score (nSPS) is 14.4. The van der Waals surface area contributed by atoms with Gasteiger partial charge < -0.3 is 4.74 Å². The lowest BCUT2D eigenvalue weighted by Gasteiger charge is -2.18. The van der Waals surface area contributed by atoms with E-state index in [1.54, 1.807) is 12.1 Å². The number of carbonyl (C=O) groups is 2. The first-order valence-corrected chi connectivity index (χ1v) is 7.35. The summed E-state index contributed by atoms with van der Waals surface area (Å²) in [6, 6.07) is 17.2. The summed E-state index contributed by atoms with van der Waals surface area (Å²) in [6.45, 7) is 0. The van der Waals surface area contributed by atoms with Crippen LogP contribution in [0.3, 0.4) is 0 Å². The predicted molar refractivity (Wildman–Crippen MR) is 87.0 cm³/mol. The molecule has 0 saturated heterocycles. The molecule has 0 bridgehead atoms. The van der Waals surface area contributed by atoms with Gasteiger partial charge in [0, 0.05) is 19.9 Å². The second-order valence-corrected chi connectivity index (χ2v) is 5.24. The summed E-state index contributed by atoms with van der Waals surface area (Å²) in [5, 5.41) is 5.13. The van der Waals surface area contributed by atoms with E-state index in [1.807, 2.05) is 42.5 Å². The van der Waals surface area contributed by atoms with Crippen LogP contribution in [0, 0.1) is 0 Å². The Morgan fingerprint density at radius 1 is 1.00 bits per heavy atom. The number of hydrogen-bond donors (Lipinski definition) is 0. The highest BCUT2D eigenvalue weighted by atomic mass is 16.5. The molecule has 0 atom stereocenters. The molecule has 2 aromatic carbocycles. The molecule has 5 nitrogen and oxygen atoms in total. The SMILES string of the molecule is CN1N=C(C(=O)Oc2ccc(-c3ccccc3)cc2)CCC1=O. The fourth-order valence-corrected chi connectivity index (χ4v) is 2.33. The molecule has 0 unspecified atom stereocenters. The van der Waals surface area contributed by atoms with E-state index < -0.39 is 5.97 Å². The minimum absolute atomic E-state index is 0.103. The number of amides is 1. The van der Waals surface area contributed by atoms with Gasteiger partial charge in [0.2, 0.25) is 5.91 Å². The van der Waals surface area contributed by atoms with Gasteiger partial charge in [-0.15, -0.1) is 0 Å². The number of ether oxygens (including phenoxy) is 1. The number of nitrogens with zero attached hydrogens (tertiary/aromatic N) is 2. The van der Waals surface area contributed by atoms with Crippen LogP contribution in [0.5, 0.6) is 5.75 Å². The van der Waals surface area contributed by atoms with Crippen LogP contribution in [0.25, 0.3) is 11.1 Å². The van der Waals surface area contributed by atoms with Crippen molar-refractivity contribution in [2.75, 3.05) is 7.05 Å². The van der Waals surface area contributed by atoms with E-state index in [1.165, 1.54) is 12.1 Å². The first kappa shape index (κ1) is 15.0. The van der Waals surface area contributed by atoms with E-state index in [-0.39, 0.29) is 18.0 Å². The lowest BCUT2D eigenvalue weighted by Crippen LogP contribution is -2.33. The van der Waals surface area contributed by atoms with Crippen molar-refractivity contribution in [1.29, 1.82) is 0 Å². The highest BCUT2D eigenvalue weighted by Gasteiger charge is 2.23. The molecule has 0 N–H and O–H groups in total. The van der Waals surface area contributed by atoms with Crippen molar-refractivity contribution in [2.45, 2.75) is 12.8 Å². The van der Waals surface area contributed by atoms with Crippen molar-refractivity contribution in [3.8, 4) is 16.9 Å². The lowest BCUT2D eigenvalue weighted by molar-refractivity contribution is -0.131. The minimum Gasteiger partial charge on any atom is -0.422 e. The van der Waals surface area contributed by atoms with Crippen molar-refractivity contribution >= 4 is 17.6 Å². The zero-order valence-corrected chi connectivity index (χ0v) is 12.7. The fourth-order valence-electron chi connectivity index (χ4n) is 2.33. The van der Waals surface area contributed by atoms with Crippen molar-refractivity contribution < 1.29 is 14.3 Å². The molecule has 1 heterocycles. The maximum Gasteiger partial charge on any atom is 0.359 e. The second kappa shape index (κ2) is 6.44. The Labute approximate surface area is 134 Å². The van der Waals surface area contributed by atoms with Gasteiger partial charge in [-0.25, -0.2) is 9.80 Å². The van der Waals surface area contributed by atoms with E-state index >= 15 is 0 Å². The smallest absolute Gasteiger partial charge is 0.359 e. The molecule has 2 aromatic rings. The third-order valence-electron chi connectivity index (χ3n) is 3.61. The van der Waals surface area contributed by atoms with E-state index in [4.69, 9.17) is 4.74 Å². The van der Waals surface area contributed by atoms with E-state index in [9.17, 15) is 9.59 Å². The maximum absolute atomic E-state index is 12.1. The third kappa shape index (κ3) is 3.45. The molecule has 0 radical (unpaired) electrons. The summed E-state index contributed by atoms with van der Waals surface area (Å²) in [7, 11) is 1.53. The molecule has 0 fully saturated rings. The number of hydrazone groups is 1. The van der Waals surface area contributed by atoms with Crippen LogP contribution in [0.4, 0.5) is 0 Å². The van der Waals surface area contributed by atoms with Crippen molar-refractivity contribution in [3.63, 3.8) is 0 Å². The lowest BCUT2D eigenvalue weighted by atomic mass is 10.1. The molecule has 0 saturated carbocycles. The van der Waals surface area contributed by atoms with Gasteiger partial charge in [-0.1, -0.05) is 42.5 Å². The largest absolute Gasteiger partial charge is 0.422 e. The average Bonchev–Trinajstić information content (AvgIpc) is 2.59. The van der Waals surface area contributed by atoms with E-state index in [2.05, 4.69) is 5.10 Å². The van der Waals surface area contributed by atoms with Crippen molar-refractivity contribution in [1.82, 2.24) is 5.01 Å². The Morgan fingerprint density at radius 2 is 1.65 bits per heavy atom. The minimum atomic E-state index is -0.517. The fraction of sp³-hybridized carbons (Fsp3) is 0.167. The molecule has 116 valence electrons. The van der Waals surface area contributed by atoms with Crippen LogP contribution < -0.4 is 4.74 Å². The van der Waals surface area contributed by atoms with Gasteiger partial charge in [0.25, 0.3) is 0 Å². The molecule has 1 aliphatic heterocycles. The van der Waals surface area contributed by atoms with Crippen LogP contribution in [-0.4, -0.2) is 29.6 Å². The van der Waals surface area contributed by atoms with Gasteiger partial charge in [-0.2, -0.15) is 5.10 Å². The molecule has 3 rings (SSSR count). The zero-order valence-electron chi connectivity index (χ0n) is 12.7. The summed E-state index contributed by atoms with van der Waals surface area (Å²) in [6.07, 6.45) is 0.585.